The zero-order valence-electron chi connectivity index (χ0n) is 22.5. The Kier molecular flexibility index (Phi) is 7.70. The van der Waals surface area contributed by atoms with E-state index in [1.54, 1.807) is 13.0 Å². The fraction of sp³-hybridized carbons (Fsp3) is 0.615. The molecular formula is C26H38N6O5S. The van der Waals surface area contributed by atoms with E-state index in [9.17, 15) is 23.4 Å². The Bertz CT molecular complexity index is 1280. The van der Waals surface area contributed by atoms with Gasteiger partial charge in [-0.1, -0.05) is 26.8 Å². The lowest BCUT2D eigenvalue weighted by molar-refractivity contribution is 0.102. The molecule has 4 rings (SSSR count). The van der Waals surface area contributed by atoms with Crippen LogP contribution in [0.2, 0.25) is 0 Å². The molecule has 3 heterocycles. The van der Waals surface area contributed by atoms with Crippen LogP contribution in [-0.4, -0.2) is 77.1 Å². The molecule has 1 amide bonds. The summed E-state index contributed by atoms with van der Waals surface area (Å²) >= 11 is 0. The highest BCUT2D eigenvalue weighted by Crippen LogP contribution is 2.54. The molecule has 11 nitrogen and oxygen atoms in total. The van der Waals surface area contributed by atoms with Crippen molar-refractivity contribution >= 4 is 33.2 Å². The third-order valence-corrected chi connectivity index (χ3v) is 9.20. The molecule has 4 N–H and O–H groups in total. The van der Waals surface area contributed by atoms with Crippen LogP contribution < -0.4 is 15.5 Å². The van der Waals surface area contributed by atoms with Crippen LogP contribution in [0.15, 0.2) is 29.4 Å². The second-order valence-corrected chi connectivity index (χ2v) is 14.0. The van der Waals surface area contributed by atoms with Gasteiger partial charge in [-0.15, -0.1) is 0 Å². The van der Waals surface area contributed by atoms with Gasteiger partial charge in [0.05, 0.1) is 30.7 Å². The zero-order chi connectivity index (χ0) is 27.8. The Hall–Kier alpha value is -2.83. The molecule has 0 aromatic carbocycles. The first kappa shape index (κ1) is 28.2. The van der Waals surface area contributed by atoms with Gasteiger partial charge in [-0.3, -0.25) is 4.79 Å². The lowest BCUT2D eigenvalue weighted by Gasteiger charge is -2.34. The number of carbonyl (C=O) groups excluding carboxylic acids is 1. The highest BCUT2D eigenvalue weighted by molar-refractivity contribution is 7.91. The molecule has 1 aliphatic heterocycles. The van der Waals surface area contributed by atoms with Gasteiger partial charge in [0.15, 0.2) is 26.4 Å². The molecule has 2 fully saturated rings. The largest absolute Gasteiger partial charge is 0.394 e. The number of piperidine rings is 1. The van der Waals surface area contributed by atoms with Crippen LogP contribution in [0.4, 0.5) is 17.5 Å². The minimum absolute atomic E-state index is 0.0778. The molecule has 1 saturated heterocycles. The number of aliphatic hydroxyl groups excluding tert-OH is 2. The van der Waals surface area contributed by atoms with E-state index in [4.69, 9.17) is 0 Å². The number of rotatable bonds is 9. The van der Waals surface area contributed by atoms with Crippen LogP contribution in [0.25, 0.3) is 0 Å². The summed E-state index contributed by atoms with van der Waals surface area (Å²) in [6, 6.07) is 4.49. The van der Waals surface area contributed by atoms with Gasteiger partial charge in [0.25, 0.3) is 5.91 Å². The van der Waals surface area contributed by atoms with E-state index < -0.39 is 26.7 Å². The monoisotopic (exact) mass is 546 g/mol. The average molecular weight is 547 g/mol. The second kappa shape index (κ2) is 10.4. The Morgan fingerprint density at radius 2 is 1.68 bits per heavy atom. The first-order valence-corrected chi connectivity index (χ1v) is 14.6. The summed E-state index contributed by atoms with van der Waals surface area (Å²) in [5, 5.41) is 25.0. The van der Waals surface area contributed by atoms with Crippen LogP contribution in [0.1, 0.15) is 63.9 Å². The van der Waals surface area contributed by atoms with Crippen LogP contribution in [-0.2, 0) is 9.84 Å². The van der Waals surface area contributed by atoms with E-state index in [2.05, 4.69) is 25.6 Å². The third-order valence-electron chi connectivity index (χ3n) is 7.08. The Morgan fingerprint density at radius 3 is 2.26 bits per heavy atom. The van der Waals surface area contributed by atoms with Crippen LogP contribution in [0, 0.1) is 10.8 Å². The highest BCUT2D eigenvalue weighted by Gasteiger charge is 2.45. The van der Waals surface area contributed by atoms with Crippen molar-refractivity contribution in [2.75, 3.05) is 47.6 Å². The van der Waals surface area contributed by atoms with Crippen molar-refractivity contribution in [1.82, 2.24) is 15.0 Å². The van der Waals surface area contributed by atoms with Crippen molar-refractivity contribution in [1.29, 1.82) is 0 Å². The fourth-order valence-corrected chi connectivity index (χ4v) is 6.42. The maximum Gasteiger partial charge on any atom is 0.279 e. The molecule has 2 aromatic heterocycles. The summed E-state index contributed by atoms with van der Waals surface area (Å²) < 4.78 is 25.7. The maximum absolute atomic E-state index is 13.4. The number of carbonyl (C=O) groups is 1. The van der Waals surface area contributed by atoms with E-state index in [1.807, 2.05) is 25.7 Å². The van der Waals surface area contributed by atoms with Gasteiger partial charge < -0.3 is 25.7 Å². The van der Waals surface area contributed by atoms with E-state index in [0.29, 0.717) is 17.1 Å². The average Bonchev–Trinajstić information content (AvgIpc) is 3.61. The van der Waals surface area contributed by atoms with Crippen LogP contribution in [0.3, 0.4) is 0 Å². The predicted molar refractivity (Wildman–Crippen MR) is 145 cm³/mol. The molecule has 0 atom stereocenters. The summed E-state index contributed by atoms with van der Waals surface area (Å²) in [5.74, 6) is 0.172. The smallest absolute Gasteiger partial charge is 0.279 e. The van der Waals surface area contributed by atoms with Crippen molar-refractivity contribution < 1.29 is 23.4 Å². The third kappa shape index (κ3) is 6.59. The van der Waals surface area contributed by atoms with E-state index in [0.717, 1.165) is 25.9 Å². The van der Waals surface area contributed by atoms with Gasteiger partial charge >= 0.3 is 0 Å². The molecule has 0 unspecified atom stereocenters. The molecule has 2 aromatic rings. The van der Waals surface area contributed by atoms with Crippen LogP contribution in [0.5, 0.6) is 0 Å². The van der Waals surface area contributed by atoms with E-state index in [1.165, 1.54) is 31.2 Å². The minimum atomic E-state index is -3.65. The van der Waals surface area contributed by atoms with Crippen molar-refractivity contribution in [2.24, 2.45) is 10.8 Å². The van der Waals surface area contributed by atoms with Crippen molar-refractivity contribution in [3.05, 3.63) is 30.1 Å². The van der Waals surface area contributed by atoms with Gasteiger partial charge in [-0.25, -0.2) is 23.4 Å². The lowest BCUT2D eigenvalue weighted by atomic mass is 9.93. The summed E-state index contributed by atoms with van der Waals surface area (Å²) in [6.45, 7) is 7.98. The number of hydrogen-bond donors (Lipinski definition) is 4. The molecule has 1 saturated carbocycles. The molecule has 12 heteroatoms. The van der Waals surface area contributed by atoms with Crippen LogP contribution >= 0.6 is 0 Å². The summed E-state index contributed by atoms with van der Waals surface area (Å²) in [6.07, 6.45) is 5.85. The molecule has 1 aliphatic carbocycles. The molecule has 1 spiro atoms. The molecule has 38 heavy (non-hydrogen) atoms. The number of aliphatic hydroxyl groups is 2. The SMILES string of the molecule is CC(C)(C)CS(=O)(=O)c1cccc(NC(=O)c2ncc(NC(C)(CO)CO)nc2N2CCC3(CC2)CC3)n1. The van der Waals surface area contributed by atoms with Crippen molar-refractivity contribution in [2.45, 2.75) is 63.9 Å². The summed E-state index contributed by atoms with van der Waals surface area (Å²) in [5.41, 5.74) is -0.965. The first-order valence-electron chi connectivity index (χ1n) is 12.9. The number of pyridine rings is 1. The number of aromatic nitrogens is 3. The lowest BCUT2D eigenvalue weighted by Crippen LogP contribution is -2.43. The maximum atomic E-state index is 13.4. The Balaban J connectivity index is 1.61. The normalized spacial score (nSPS) is 17.4. The number of nitrogens with one attached hydrogen (secondary N) is 2. The molecule has 2 aliphatic rings. The second-order valence-electron chi connectivity index (χ2n) is 12.1. The molecule has 208 valence electrons. The van der Waals surface area contributed by atoms with Gasteiger partial charge in [-0.2, -0.15) is 0 Å². The van der Waals surface area contributed by atoms with Gasteiger partial charge in [0.2, 0.25) is 0 Å². The van der Waals surface area contributed by atoms with E-state index >= 15 is 0 Å². The number of amides is 1. The van der Waals surface area contributed by atoms with Crippen molar-refractivity contribution in [3.8, 4) is 0 Å². The quantitative estimate of drug-likeness (QED) is 0.368. The fourth-order valence-electron chi connectivity index (χ4n) is 4.61. The molecule has 0 bridgehead atoms. The predicted octanol–water partition coefficient (Wildman–Crippen LogP) is 2.48. The highest BCUT2D eigenvalue weighted by atomic mass is 32.2. The summed E-state index contributed by atoms with van der Waals surface area (Å²) in [7, 11) is -3.65. The minimum Gasteiger partial charge on any atom is -0.394 e. The number of nitrogens with zero attached hydrogens (tertiary/aromatic N) is 4. The van der Waals surface area contributed by atoms with E-state index in [-0.39, 0.29) is 35.5 Å². The van der Waals surface area contributed by atoms with Crippen molar-refractivity contribution in [3.63, 3.8) is 0 Å². The summed E-state index contributed by atoms with van der Waals surface area (Å²) in [4.78, 5) is 28.7. The Labute approximate surface area is 224 Å². The standard InChI is InChI=1S/C26H38N6O5S/c1-24(2,3)17-38(36,37)20-7-5-6-18(28-20)30-23(35)21-22(32-12-10-26(8-9-26)11-13-32)29-19(14-27-21)31-25(4,15-33)16-34/h5-7,14,33-34H,8-13,15-17H2,1-4H3,(H,29,31)(H,28,30,35). The molecular weight excluding hydrogens is 508 g/mol. The van der Waals surface area contributed by atoms with Gasteiger partial charge in [-0.05, 0) is 55.6 Å². The van der Waals surface area contributed by atoms with Gasteiger partial charge in [0, 0.05) is 13.1 Å². The first-order chi connectivity index (χ1) is 17.8. The topological polar surface area (TPSA) is 158 Å². The Morgan fingerprint density at radius 1 is 1.03 bits per heavy atom. The van der Waals surface area contributed by atoms with Gasteiger partial charge in [0.1, 0.15) is 11.6 Å². The number of hydrogen-bond acceptors (Lipinski definition) is 10. The molecule has 0 radical (unpaired) electrons. The zero-order valence-corrected chi connectivity index (χ0v) is 23.3. The number of sulfone groups is 1. The number of anilines is 3.